The highest BCUT2D eigenvalue weighted by Crippen LogP contribution is 2.24. The van der Waals surface area contributed by atoms with Crippen LogP contribution in [0.4, 0.5) is 5.69 Å². The van der Waals surface area contributed by atoms with Crippen molar-refractivity contribution in [2.45, 2.75) is 13.8 Å². The first kappa shape index (κ1) is 12.7. The van der Waals surface area contributed by atoms with Gasteiger partial charge in [0.2, 0.25) is 0 Å². The average molecular weight is 260 g/mol. The topological polar surface area (TPSA) is 43.1 Å². The lowest BCUT2D eigenvalue weighted by atomic mass is 9.97. The fourth-order valence-electron chi connectivity index (χ4n) is 1.83. The maximum atomic E-state index is 12.4. The molecule has 0 fully saturated rings. The van der Waals surface area contributed by atoms with Crippen molar-refractivity contribution >= 4 is 23.1 Å². The Morgan fingerprint density at radius 1 is 1.06 bits per heavy atom. The number of nitrogens with two attached hydrogens (primary N) is 1. The molecule has 2 aromatic rings. The van der Waals surface area contributed by atoms with Crippen LogP contribution in [0.1, 0.15) is 27.0 Å². The maximum Gasteiger partial charge on any atom is 0.196 e. The summed E-state index contributed by atoms with van der Waals surface area (Å²) in [5.41, 5.74) is 9.50. The molecule has 0 heterocycles. The number of aryl methyl sites for hydroxylation is 2. The molecule has 0 saturated heterocycles. The third-order valence-corrected chi connectivity index (χ3v) is 3.36. The van der Waals surface area contributed by atoms with Crippen molar-refractivity contribution in [1.29, 1.82) is 0 Å². The minimum atomic E-state index is -0.138. The zero-order chi connectivity index (χ0) is 13.3. The molecule has 0 unspecified atom stereocenters. The lowest BCUT2D eigenvalue weighted by molar-refractivity contribution is 0.103. The molecule has 2 rings (SSSR count). The fourth-order valence-corrected chi connectivity index (χ4v) is 2.05. The van der Waals surface area contributed by atoms with Crippen molar-refractivity contribution in [3.05, 3.63) is 63.7 Å². The summed E-state index contributed by atoms with van der Waals surface area (Å²) in [6.07, 6.45) is 0. The lowest BCUT2D eigenvalue weighted by Crippen LogP contribution is -2.07. The quantitative estimate of drug-likeness (QED) is 0.659. The Bertz CT molecular complexity index is 620. The van der Waals surface area contributed by atoms with E-state index in [1.54, 1.807) is 24.3 Å². The van der Waals surface area contributed by atoms with Gasteiger partial charge in [0.1, 0.15) is 0 Å². The third-order valence-electron chi connectivity index (χ3n) is 3.03. The number of carbonyl (C=O) groups is 1. The Balaban J connectivity index is 2.53. The third kappa shape index (κ3) is 2.24. The molecule has 0 aliphatic heterocycles. The summed E-state index contributed by atoms with van der Waals surface area (Å²) in [7, 11) is 0. The highest BCUT2D eigenvalue weighted by molar-refractivity contribution is 6.35. The van der Waals surface area contributed by atoms with E-state index in [9.17, 15) is 4.79 Å². The normalized spacial score (nSPS) is 10.4. The number of halogens is 1. The van der Waals surface area contributed by atoms with Crippen molar-refractivity contribution < 1.29 is 4.79 Å². The van der Waals surface area contributed by atoms with E-state index in [0.29, 0.717) is 21.8 Å². The SMILES string of the molecule is Cc1cc(N)c(C(=O)c2ccccc2Cl)cc1C. The minimum Gasteiger partial charge on any atom is -0.398 e. The number of ketones is 1. The number of hydrogen-bond acceptors (Lipinski definition) is 2. The van der Waals surface area contributed by atoms with Gasteiger partial charge in [0, 0.05) is 16.8 Å². The van der Waals surface area contributed by atoms with Gasteiger partial charge in [0.15, 0.2) is 5.78 Å². The Hall–Kier alpha value is -1.80. The molecule has 2 nitrogen and oxygen atoms in total. The predicted molar refractivity (Wildman–Crippen MR) is 75.2 cm³/mol. The maximum absolute atomic E-state index is 12.4. The van der Waals surface area contributed by atoms with Gasteiger partial charge < -0.3 is 5.73 Å². The molecular weight excluding hydrogens is 246 g/mol. The van der Waals surface area contributed by atoms with Crippen LogP contribution in [0.25, 0.3) is 0 Å². The molecule has 0 aromatic heterocycles. The van der Waals surface area contributed by atoms with E-state index in [4.69, 9.17) is 17.3 Å². The van der Waals surface area contributed by atoms with Crippen LogP contribution in [0.2, 0.25) is 5.02 Å². The smallest absolute Gasteiger partial charge is 0.196 e. The minimum absolute atomic E-state index is 0.138. The van der Waals surface area contributed by atoms with E-state index >= 15 is 0 Å². The Kier molecular flexibility index (Phi) is 3.39. The molecule has 3 heteroatoms. The predicted octanol–water partition coefficient (Wildman–Crippen LogP) is 3.77. The van der Waals surface area contributed by atoms with Crippen LogP contribution in [0.15, 0.2) is 36.4 Å². The molecule has 18 heavy (non-hydrogen) atoms. The van der Waals surface area contributed by atoms with Crippen LogP contribution in [-0.2, 0) is 0 Å². The van der Waals surface area contributed by atoms with Crippen molar-refractivity contribution in [3.8, 4) is 0 Å². The number of anilines is 1. The number of benzene rings is 2. The number of carbonyl (C=O) groups excluding carboxylic acids is 1. The largest absolute Gasteiger partial charge is 0.398 e. The molecule has 2 N–H and O–H groups in total. The number of rotatable bonds is 2. The summed E-state index contributed by atoms with van der Waals surface area (Å²) in [5.74, 6) is -0.138. The molecule has 0 radical (unpaired) electrons. The molecule has 92 valence electrons. The Labute approximate surface area is 111 Å². The van der Waals surface area contributed by atoms with Gasteiger partial charge in [-0.15, -0.1) is 0 Å². The van der Waals surface area contributed by atoms with Crippen LogP contribution in [-0.4, -0.2) is 5.78 Å². The van der Waals surface area contributed by atoms with Gasteiger partial charge in [-0.1, -0.05) is 23.7 Å². The Morgan fingerprint density at radius 2 is 1.67 bits per heavy atom. The van der Waals surface area contributed by atoms with E-state index in [1.165, 1.54) is 0 Å². The highest BCUT2D eigenvalue weighted by Gasteiger charge is 2.15. The summed E-state index contributed by atoms with van der Waals surface area (Å²) in [6.45, 7) is 3.92. The summed E-state index contributed by atoms with van der Waals surface area (Å²) in [5, 5.41) is 0.445. The van der Waals surface area contributed by atoms with E-state index in [1.807, 2.05) is 26.0 Å². The summed E-state index contributed by atoms with van der Waals surface area (Å²) in [4.78, 5) is 12.4. The van der Waals surface area contributed by atoms with Gasteiger partial charge in [0.25, 0.3) is 0 Å². The van der Waals surface area contributed by atoms with Crippen LogP contribution >= 0.6 is 11.6 Å². The molecule has 2 aromatic carbocycles. The second-order valence-corrected chi connectivity index (χ2v) is 4.74. The van der Waals surface area contributed by atoms with Crippen LogP contribution in [0, 0.1) is 13.8 Å². The van der Waals surface area contributed by atoms with Crippen molar-refractivity contribution in [3.63, 3.8) is 0 Å². The van der Waals surface area contributed by atoms with Gasteiger partial charge in [0.05, 0.1) is 5.02 Å². The fraction of sp³-hybridized carbons (Fsp3) is 0.133. The van der Waals surface area contributed by atoms with E-state index in [-0.39, 0.29) is 5.78 Å². The molecule has 0 bridgehead atoms. The molecule has 0 aliphatic rings. The molecular formula is C15H14ClNO. The second-order valence-electron chi connectivity index (χ2n) is 4.33. The Morgan fingerprint density at radius 3 is 2.33 bits per heavy atom. The number of hydrogen-bond donors (Lipinski definition) is 1. The summed E-state index contributed by atoms with van der Waals surface area (Å²) in [6, 6.07) is 10.6. The first-order valence-electron chi connectivity index (χ1n) is 5.66. The van der Waals surface area contributed by atoms with E-state index in [0.717, 1.165) is 11.1 Å². The highest BCUT2D eigenvalue weighted by atomic mass is 35.5. The van der Waals surface area contributed by atoms with Crippen LogP contribution in [0.3, 0.4) is 0 Å². The zero-order valence-electron chi connectivity index (χ0n) is 10.3. The van der Waals surface area contributed by atoms with E-state index in [2.05, 4.69) is 0 Å². The van der Waals surface area contributed by atoms with Crippen LogP contribution in [0.5, 0.6) is 0 Å². The van der Waals surface area contributed by atoms with Gasteiger partial charge in [-0.3, -0.25) is 4.79 Å². The van der Waals surface area contributed by atoms with Gasteiger partial charge in [-0.05, 0) is 49.2 Å². The molecule has 0 aliphatic carbocycles. The van der Waals surface area contributed by atoms with Crippen LogP contribution < -0.4 is 5.73 Å². The summed E-state index contributed by atoms with van der Waals surface area (Å²) >= 11 is 6.03. The molecule has 0 amide bonds. The number of nitrogen functional groups attached to an aromatic ring is 1. The van der Waals surface area contributed by atoms with E-state index < -0.39 is 0 Å². The standard InChI is InChI=1S/C15H14ClNO/c1-9-7-12(14(17)8-10(9)2)15(18)11-5-3-4-6-13(11)16/h3-8H,17H2,1-2H3. The van der Waals surface area contributed by atoms with Gasteiger partial charge in [-0.25, -0.2) is 0 Å². The van der Waals surface area contributed by atoms with Crippen molar-refractivity contribution in [2.24, 2.45) is 0 Å². The van der Waals surface area contributed by atoms with Gasteiger partial charge >= 0.3 is 0 Å². The second kappa shape index (κ2) is 4.83. The molecule has 0 atom stereocenters. The van der Waals surface area contributed by atoms with Gasteiger partial charge in [-0.2, -0.15) is 0 Å². The average Bonchev–Trinajstić information content (AvgIpc) is 2.33. The van der Waals surface area contributed by atoms with Crippen molar-refractivity contribution in [1.82, 2.24) is 0 Å². The molecule has 0 spiro atoms. The lowest BCUT2D eigenvalue weighted by Gasteiger charge is -2.09. The monoisotopic (exact) mass is 259 g/mol. The summed E-state index contributed by atoms with van der Waals surface area (Å²) < 4.78 is 0. The van der Waals surface area contributed by atoms with Crippen molar-refractivity contribution in [2.75, 3.05) is 5.73 Å². The first-order valence-corrected chi connectivity index (χ1v) is 6.04. The molecule has 0 saturated carbocycles. The zero-order valence-corrected chi connectivity index (χ0v) is 11.1. The first-order chi connectivity index (χ1) is 8.50.